The van der Waals surface area contributed by atoms with Crippen LogP contribution in [0.4, 0.5) is 5.13 Å². The van der Waals surface area contributed by atoms with Crippen LogP contribution in [0.25, 0.3) is 6.08 Å². The largest absolute Gasteiger partial charge is 0.348 e. The first-order valence-corrected chi connectivity index (χ1v) is 6.87. The fourth-order valence-electron chi connectivity index (χ4n) is 1.64. The molecule has 0 spiro atoms. The molecule has 2 heterocycles. The van der Waals surface area contributed by atoms with Gasteiger partial charge in [-0.25, -0.2) is 4.98 Å². The third kappa shape index (κ3) is 2.71. The van der Waals surface area contributed by atoms with E-state index in [1.165, 1.54) is 12.8 Å². The van der Waals surface area contributed by atoms with E-state index in [4.69, 9.17) is 0 Å². The van der Waals surface area contributed by atoms with E-state index in [0.717, 1.165) is 27.7 Å². The van der Waals surface area contributed by atoms with Crippen LogP contribution >= 0.6 is 27.3 Å². The molecule has 1 aliphatic heterocycles. The average molecular weight is 301 g/mol. The van der Waals surface area contributed by atoms with Crippen LogP contribution in [-0.2, 0) is 4.79 Å². The van der Waals surface area contributed by atoms with E-state index in [9.17, 15) is 4.79 Å². The number of hydrogen-bond acceptors (Lipinski definition) is 4. The summed E-state index contributed by atoms with van der Waals surface area (Å²) in [5.74, 6) is 0.0584. The Morgan fingerprint density at radius 2 is 2.19 bits per heavy atom. The fourth-order valence-corrected chi connectivity index (χ4v) is 3.21. The summed E-state index contributed by atoms with van der Waals surface area (Å²) in [6, 6.07) is 0. The topological polar surface area (TPSA) is 33.2 Å². The predicted molar refractivity (Wildman–Crippen MR) is 71.0 cm³/mol. The van der Waals surface area contributed by atoms with Gasteiger partial charge in [0.05, 0.1) is 4.88 Å². The molecule has 5 heteroatoms. The van der Waals surface area contributed by atoms with Crippen LogP contribution < -0.4 is 4.90 Å². The Morgan fingerprint density at radius 3 is 2.81 bits per heavy atom. The van der Waals surface area contributed by atoms with Crippen LogP contribution in [-0.4, -0.2) is 23.9 Å². The van der Waals surface area contributed by atoms with Gasteiger partial charge >= 0.3 is 0 Å². The van der Waals surface area contributed by atoms with Crippen molar-refractivity contribution in [3.05, 3.63) is 15.6 Å². The van der Waals surface area contributed by atoms with Gasteiger partial charge in [0.2, 0.25) is 0 Å². The number of carbonyl (C=O) groups excluding carboxylic acids is 1. The molecule has 0 bridgehead atoms. The maximum absolute atomic E-state index is 10.9. The number of anilines is 1. The fraction of sp³-hybridized carbons (Fsp3) is 0.455. The van der Waals surface area contributed by atoms with Gasteiger partial charge in [-0.3, -0.25) is 4.79 Å². The maximum Gasteiger partial charge on any atom is 0.186 e. The van der Waals surface area contributed by atoms with E-state index in [-0.39, 0.29) is 5.78 Å². The number of hydrogen-bond donors (Lipinski definition) is 0. The van der Waals surface area contributed by atoms with Crippen molar-refractivity contribution in [3.8, 4) is 0 Å². The average Bonchev–Trinajstić information content (AvgIpc) is 2.83. The highest BCUT2D eigenvalue weighted by molar-refractivity contribution is 9.10. The van der Waals surface area contributed by atoms with Crippen molar-refractivity contribution >= 4 is 44.3 Å². The second-order valence-corrected chi connectivity index (χ2v) is 5.55. The highest BCUT2D eigenvalue weighted by atomic mass is 79.9. The van der Waals surface area contributed by atoms with E-state index >= 15 is 0 Å². The van der Waals surface area contributed by atoms with Gasteiger partial charge in [-0.2, -0.15) is 0 Å². The Balaban J connectivity index is 2.17. The summed E-state index contributed by atoms with van der Waals surface area (Å²) in [5, 5.41) is 1.05. The lowest BCUT2D eigenvalue weighted by molar-refractivity contribution is -0.112. The van der Waals surface area contributed by atoms with E-state index in [1.807, 2.05) is 6.08 Å². The number of aromatic nitrogens is 1. The number of halogens is 1. The van der Waals surface area contributed by atoms with Crippen LogP contribution in [0.5, 0.6) is 0 Å². The standard InChI is InChI=1S/C11H13BrN2OS/c1-8(15)4-5-9-10(12)13-11(16-9)14-6-2-3-7-14/h4-5H,2-3,6-7H2,1H3. The van der Waals surface area contributed by atoms with Crippen LogP contribution in [0.2, 0.25) is 0 Å². The molecule has 2 rings (SSSR count). The molecular formula is C11H13BrN2OS. The molecule has 0 aromatic carbocycles. The van der Waals surface area contributed by atoms with Crippen molar-refractivity contribution in [2.45, 2.75) is 19.8 Å². The van der Waals surface area contributed by atoms with Crippen molar-refractivity contribution in [2.75, 3.05) is 18.0 Å². The minimum atomic E-state index is 0.0584. The Hall–Kier alpha value is -0.680. The quantitative estimate of drug-likeness (QED) is 0.804. The highest BCUT2D eigenvalue weighted by Crippen LogP contribution is 2.32. The summed E-state index contributed by atoms with van der Waals surface area (Å²) >= 11 is 5.05. The zero-order chi connectivity index (χ0) is 11.5. The van der Waals surface area contributed by atoms with Gasteiger partial charge in [-0.15, -0.1) is 0 Å². The van der Waals surface area contributed by atoms with E-state index < -0.39 is 0 Å². The van der Waals surface area contributed by atoms with Gasteiger partial charge in [0, 0.05) is 13.1 Å². The predicted octanol–water partition coefficient (Wildman–Crippen LogP) is 3.11. The SMILES string of the molecule is CC(=O)C=Cc1sc(N2CCCC2)nc1Br. The number of nitrogens with zero attached hydrogens (tertiary/aromatic N) is 2. The normalized spacial score (nSPS) is 16.2. The molecule has 1 aliphatic rings. The number of thiazole rings is 1. The summed E-state index contributed by atoms with van der Waals surface area (Å²) in [6.07, 6.45) is 5.89. The molecule has 0 saturated carbocycles. The first-order chi connectivity index (χ1) is 7.66. The van der Waals surface area contributed by atoms with E-state index in [0.29, 0.717) is 0 Å². The number of allylic oxidation sites excluding steroid dienone is 1. The first-order valence-electron chi connectivity index (χ1n) is 5.27. The molecule has 0 aliphatic carbocycles. The van der Waals surface area contributed by atoms with Crippen molar-refractivity contribution in [1.29, 1.82) is 0 Å². The maximum atomic E-state index is 10.9. The number of ketones is 1. The van der Waals surface area contributed by atoms with Gasteiger partial charge in [0.1, 0.15) is 4.60 Å². The van der Waals surface area contributed by atoms with Gasteiger partial charge < -0.3 is 4.90 Å². The van der Waals surface area contributed by atoms with Crippen LogP contribution in [0.3, 0.4) is 0 Å². The molecular weight excluding hydrogens is 288 g/mol. The Kier molecular flexibility index (Phi) is 3.76. The van der Waals surface area contributed by atoms with Gasteiger partial charge in [-0.05, 0) is 47.8 Å². The number of carbonyl (C=O) groups is 1. The molecule has 86 valence electrons. The molecule has 1 aromatic rings. The lowest BCUT2D eigenvalue weighted by Gasteiger charge is -2.11. The number of rotatable bonds is 3. The molecule has 0 atom stereocenters. The lowest BCUT2D eigenvalue weighted by Crippen LogP contribution is -2.16. The molecule has 1 fully saturated rings. The second kappa shape index (κ2) is 5.10. The van der Waals surface area contributed by atoms with Crippen LogP contribution in [0.15, 0.2) is 10.7 Å². The van der Waals surface area contributed by atoms with Crippen molar-refractivity contribution < 1.29 is 4.79 Å². The van der Waals surface area contributed by atoms with Crippen molar-refractivity contribution in [3.63, 3.8) is 0 Å². The summed E-state index contributed by atoms with van der Waals surface area (Å²) < 4.78 is 0.830. The smallest absolute Gasteiger partial charge is 0.186 e. The van der Waals surface area contributed by atoms with Crippen LogP contribution in [0, 0.1) is 0 Å². The van der Waals surface area contributed by atoms with E-state index in [1.54, 1.807) is 24.3 Å². The summed E-state index contributed by atoms with van der Waals surface area (Å²) in [5.41, 5.74) is 0. The molecule has 0 radical (unpaired) electrons. The summed E-state index contributed by atoms with van der Waals surface area (Å²) in [7, 11) is 0. The second-order valence-electron chi connectivity index (χ2n) is 3.79. The monoisotopic (exact) mass is 300 g/mol. The highest BCUT2D eigenvalue weighted by Gasteiger charge is 2.17. The van der Waals surface area contributed by atoms with Gasteiger partial charge in [0.25, 0.3) is 0 Å². The molecule has 1 saturated heterocycles. The molecule has 0 N–H and O–H groups in total. The van der Waals surface area contributed by atoms with Gasteiger partial charge in [0.15, 0.2) is 10.9 Å². The Morgan fingerprint density at radius 1 is 1.50 bits per heavy atom. The zero-order valence-electron chi connectivity index (χ0n) is 9.07. The molecule has 1 aromatic heterocycles. The minimum absolute atomic E-state index is 0.0584. The Bertz CT molecular complexity index is 422. The lowest BCUT2D eigenvalue weighted by atomic mass is 10.4. The molecule has 0 amide bonds. The minimum Gasteiger partial charge on any atom is -0.348 e. The van der Waals surface area contributed by atoms with Crippen LogP contribution in [0.1, 0.15) is 24.6 Å². The third-order valence-corrected chi connectivity index (χ3v) is 4.39. The molecule has 3 nitrogen and oxygen atoms in total. The summed E-state index contributed by atoms with van der Waals surface area (Å²) in [6.45, 7) is 3.73. The van der Waals surface area contributed by atoms with Gasteiger partial charge in [-0.1, -0.05) is 11.3 Å². The third-order valence-electron chi connectivity index (χ3n) is 2.44. The summed E-state index contributed by atoms with van der Waals surface area (Å²) in [4.78, 5) is 18.6. The zero-order valence-corrected chi connectivity index (χ0v) is 11.5. The van der Waals surface area contributed by atoms with E-state index in [2.05, 4.69) is 25.8 Å². The van der Waals surface area contributed by atoms with Crippen molar-refractivity contribution in [1.82, 2.24) is 4.98 Å². The molecule has 0 unspecified atom stereocenters. The molecule has 16 heavy (non-hydrogen) atoms. The first kappa shape index (κ1) is 11.8. The Labute approximate surface area is 107 Å². The van der Waals surface area contributed by atoms with Crippen molar-refractivity contribution in [2.24, 2.45) is 0 Å².